The molecule has 5 rings (SSSR count). The van der Waals surface area contributed by atoms with Crippen LogP contribution < -0.4 is 0 Å². The van der Waals surface area contributed by atoms with E-state index in [9.17, 15) is 0 Å². The highest BCUT2D eigenvalue weighted by atomic mass is 32.1. The summed E-state index contributed by atoms with van der Waals surface area (Å²) in [6.07, 6.45) is 3.30. The van der Waals surface area contributed by atoms with Crippen LogP contribution in [-0.4, -0.2) is 35.3 Å². The van der Waals surface area contributed by atoms with Crippen LogP contribution in [0.25, 0.3) is 44.2 Å². The van der Waals surface area contributed by atoms with E-state index in [-0.39, 0.29) is 0 Å². The molecular formula is C19H11N7S2. The summed E-state index contributed by atoms with van der Waals surface area (Å²) in [5.74, 6) is 0.908. The number of hydrogen-bond acceptors (Lipinski definition) is 9. The average Bonchev–Trinajstić information content (AvgIpc) is 3.48. The number of nitrogens with zero attached hydrogens (tertiary/aromatic N) is 7. The Morgan fingerprint density at radius 2 is 1.07 bits per heavy atom. The van der Waals surface area contributed by atoms with E-state index in [4.69, 9.17) is 0 Å². The Bertz CT molecular complexity index is 1130. The van der Waals surface area contributed by atoms with Gasteiger partial charge in [0, 0.05) is 0 Å². The summed E-state index contributed by atoms with van der Waals surface area (Å²) < 4.78 is 0. The normalized spacial score (nSPS) is 10.9. The zero-order valence-electron chi connectivity index (χ0n) is 14.3. The second-order valence-corrected chi connectivity index (χ2v) is 7.59. The van der Waals surface area contributed by atoms with Crippen LogP contribution in [0.4, 0.5) is 0 Å². The number of aromatic nitrogens is 7. The van der Waals surface area contributed by atoms with Gasteiger partial charge in [0.15, 0.2) is 0 Å². The lowest BCUT2D eigenvalue weighted by Crippen LogP contribution is -1.99. The Kier molecular flexibility index (Phi) is 4.36. The highest BCUT2D eigenvalue weighted by Crippen LogP contribution is 2.25. The monoisotopic (exact) mass is 401 g/mol. The third-order valence-electron chi connectivity index (χ3n) is 3.87. The molecule has 0 amide bonds. The van der Waals surface area contributed by atoms with Crippen molar-refractivity contribution in [3.05, 3.63) is 65.6 Å². The summed E-state index contributed by atoms with van der Waals surface area (Å²) in [7, 11) is 0. The van der Waals surface area contributed by atoms with E-state index in [0.29, 0.717) is 23.0 Å². The van der Waals surface area contributed by atoms with Gasteiger partial charge in [-0.3, -0.25) is 0 Å². The maximum atomic E-state index is 4.63. The highest BCUT2D eigenvalue weighted by Gasteiger charge is 2.12. The fourth-order valence-corrected chi connectivity index (χ4v) is 3.95. The largest absolute Gasteiger partial charge is 0.241 e. The van der Waals surface area contributed by atoms with Crippen molar-refractivity contribution in [1.29, 1.82) is 0 Å². The standard InChI is InChI=1S/C19H11N7S2/c1-4-12(18-23-14(10-20-25-18)16-6-2-8-27-16)22-13(5-1)19-24-15(11-21-26-19)17-7-3-9-28-17/h1-11H. The number of pyridine rings is 1. The zero-order valence-corrected chi connectivity index (χ0v) is 15.9. The Balaban J connectivity index is 1.53. The van der Waals surface area contributed by atoms with E-state index >= 15 is 0 Å². The van der Waals surface area contributed by atoms with Crippen molar-refractivity contribution in [2.24, 2.45) is 0 Å². The molecule has 7 nitrogen and oxygen atoms in total. The van der Waals surface area contributed by atoms with Crippen molar-refractivity contribution >= 4 is 22.7 Å². The van der Waals surface area contributed by atoms with Gasteiger partial charge >= 0.3 is 0 Å². The van der Waals surface area contributed by atoms with E-state index in [1.807, 2.05) is 53.2 Å². The molecule has 0 radical (unpaired) electrons. The molecule has 5 aromatic heterocycles. The van der Waals surface area contributed by atoms with Gasteiger partial charge in [-0.2, -0.15) is 10.2 Å². The smallest absolute Gasteiger partial charge is 0.201 e. The van der Waals surface area contributed by atoms with Crippen molar-refractivity contribution in [3.8, 4) is 44.2 Å². The molecule has 5 heterocycles. The molecule has 134 valence electrons. The van der Waals surface area contributed by atoms with Gasteiger partial charge in [0.2, 0.25) is 11.6 Å². The van der Waals surface area contributed by atoms with Crippen LogP contribution >= 0.6 is 22.7 Å². The molecule has 0 atom stereocenters. The Morgan fingerprint density at radius 3 is 1.54 bits per heavy atom. The van der Waals surface area contributed by atoms with Gasteiger partial charge in [-0.15, -0.1) is 32.9 Å². The molecule has 0 saturated carbocycles. The lowest BCUT2D eigenvalue weighted by Gasteiger charge is -2.04. The molecule has 0 aliphatic rings. The van der Waals surface area contributed by atoms with E-state index < -0.39 is 0 Å². The van der Waals surface area contributed by atoms with Crippen molar-refractivity contribution in [2.75, 3.05) is 0 Å². The predicted octanol–water partition coefficient (Wildman–Crippen LogP) is 4.24. The Labute approximate surface area is 167 Å². The van der Waals surface area contributed by atoms with Crippen LogP contribution in [0.5, 0.6) is 0 Å². The molecule has 0 N–H and O–H groups in total. The lowest BCUT2D eigenvalue weighted by atomic mass is 10.2. The molecular weight excluding hydrogens is 390 g/mol. The molecule has 0 spiro atoms. The fraction of sp³-hybridized carbons (Fsp3) is 0. The molecule has 5 aromatic rings. The zero-order chi connectivity index (χ0) is 18.8. The first-order valence-electron chi connectivity index (χ1n) is 8.32. The third-order valence-corrected chi connectivity index (χ3v) is 5.66. The first-order valence-corrected chi connectivity index (χ1v) is 10.1. The topological polar surface area (TPSA) is 90.2 Å². The van der Waals surface area contributed by atoms with Crippen LogP contribution in [0, 0.1) is 0 Å². The second-order valence-electron chi connectivity index (χ2n) is 5.69. The van der Waals surface area contributed by atoms with Crippen LogP contribution in [0.2, 0.25) is 0 Å². The van der Waals surface area contributed by atoms with Crippen molar-refractivity contribution in [2.45, 2.75) is 0 Å². The maximum absolute atomic E-state index is 4.63. The van der Waals surface area contributed by atoms with Gasteiger partial charge in [-0.25, -0.2) is 15.0 Å². The minimum absolute atomic E-state index is 0.454. The summed E-state index contributed by atoms with van der Waals surface area (Å²) in [4.78, 5) is 15.9. The quantitative estimate of drug-likeness (QED) is 0.445. The molecule has 0 aliphatic carbocycles. The minimum Gasteiger partial charge on any atom is -0.241 e. The van der Waals surface area contributed by atoms with Gasteiger partial charge in [-0.1, -0.05) is 18.2 Å². The molecule has 0 saturated heterocycles. The number of hydrogen-bond donors (Lipinski definition) is 0. The minimum atomic E-state index is 0.454. The molecule has 9 heteroatoms. The summed E-state index contributed by atoms with van der Waals surface area (Å²) >= 11 is 3.20. The van der Waals surface area contributed by atoms with Crippen molar-refractivity contribution in [1.82, 2.24) is 35.3 Å². The first-order chi connectivity index (χ1) is 13.9. The van der Waals surface area contributed by atoms with Crippen LogP contribution in [-0.2, 0) is 0 Å². The van der Waals surface area contributed by atoms with Gasteiger partial charge in [0.1, 0.15) is 22.8 Å². The summed E-state index contributed by atoms with van der Waals surface area (Å²) in [6.45, 7) is 0. The molecule has 0 aromatic carbocycles. The van der Waals surface area contributed by atoms with Crippen molar-refractivity contribution < 1.29 is 0 Å². The fourth-order valence-electron chi connectivity index (χ4n) is 2.59. The van der Waals surface area contributed by atoms with Gasteiger partial charge in [0.05, 0.1) is 22.1 Å². The lowest BCUT2D eigenvalue weighted by molar-refractivity contribution is 0.963. The summed E-state index contributed by atoms with van der Waals surface area (Å²) in [5.41, 5.74) is 2.75. The Hall–Kier alpha value is -3.43. The van der Waals surface area contributed by atoms with E-state index in [1.165, 1.54) is 0 Å². The van der Waals surface area contributed by atoms with E-state index in [2.05, 4.69) is 35.3 Å². The van der Waals surface area contributed by atoms with Gasteiger partial charge in [0.25, 0.3) is 0 Å². The first kappa shape index (κ1) is 16.7. The maximum Gasteiger partial charge on any atom is 0.201 e. The number of rotatable bonds is 4. The van der Waals surface area contributed by atoms with Crippen molar-refractivity contribution in [3.63, 3.8) is 0 Å². The molecule has 0 fully saturated rings. The molecule has 0 bridgehead atoms. The van der Waals surface area contributed by atoms with E-state index in [1.54, 1.807) is 35.1 Å². The van der Waals surface area contributed by atoms with E-state index in [0.717, 1.165) is 21.1 Å². The molecule has 28 heavy (non-hydrogen) atoms. The number of thiophene rings is 2. The molecule has 0 unspecified atom stereocenters. The van der Waals surface area contributed by atoms with Crippen LogP contribution in [0.15, 0.2) is 65.6 Å². The van der Waals surface area contributed by atoms with Crippen LogP contribution in [0.1, 0.15) is 0 Å². The third kappa shape index (κ3) is 3.28. The summed E-state index contributed by atoms with van der Waals surface area (Å²) in [5, 5.41) is 20.4. The van der Waals surface area contributed by atoms with Crippen LogP contribution in [0.3, 0.4) is 0 Å². The molecule has 0 aliphatic heterocycles. The second kappa shape index (κ2) is 7.29. The SMILES string of the molecule is c1cc(-c2nncc(-c3cccs3)n2)nc(-c2nncc(-c3cccs3)n2)c1. The Morgan fingerprint density at radius 1 is 0.536 bits per heavy atom. The average molecular weight is 401 g/mol. The summed E-state index contributed by atoms with van der Waals surface area (Å²) in [6, 6.07) is 13.5. The van der Waals surface area contributed by atoms with Gasteiger partial charge in [-0.05, 0) is 35.0 Å². The van der Waals surface area contributed by atoms with Gasteiger partial charge < -0.3 is 0 Å². The predicted molar refractivity (Wildman–Crippen MR) is 109 cm³/mol. The highest BCUT2D eigenvalue weighted by molar-refractivity contribution is 7.13.